The smallest absolute Gasteiger partial charge is 0.197 e. The lowest BCUT2D eigenvalue weighted by molar-refractivity contribution is 0.104. The monoisotopic (exact) mass is 336 g/mol. The first kappa shape index (κ1) is 14.8. The van der Waals surface area contributed by atoms with Crippen molar-refractivity contribution in [3.05, 3.63) is 113 Å². The topological polar surface area (TPSA) is 45.8 Å². The van der Waals surface area contributed by atoms with Crippen LogP contribution in [0.15, 0.2) is 84.9 Å². The molecule has 0 saturated heterocycles. The Morgan fingerprint density at radius 3 is 1.85 bits per heavy atom. The number of hydrogen-bond donors (Lipinski definition) is 1. The number of ketones is 1. The van der Waals surface area contributed by atoms with Crippen molar-refractivity contribution in [1.29, 1.82) is 0 Å². The van der Waals surface area contributed by atoms with Gasteiger partial charge in [-0.3, -0.25) is 9.89 Å². The zero-order valence-electron chi connectivity index (χ0n) is 14.0. The van der Waals surface area contributed by atoms with Gasteiger partial charge in [-0.1, -0.05) is 84.9 Å². The Labute approximate surface area is 151 Å². The highest BCUT2D eigenvalue weighted by atomic mass is 16.1. The Morgan fingerprint density at radius 1 is 0.692 bits per heavy atom. The van der Waals surface area contributed by atoms with Crippen LogP contribution in [0.3, 0.4) is 0 Å². The number of carbonyl (C=O) groups is 1. The predicted octanol–water partition coefficient (Wildman–Crippen LogP) is 4.80. The van der Waals surface area contributed by atoms with E-state index >= 15 is 0 Å². The van der Waals surface area contributed by atoms with Crippen molar-refractivity contribution in [3.63, 3.8) is 0 Å². The molecule has 0 unspecified atom stereocenters. The summed E-state index contributed by atoms with van der Waals surface area (Å²) in [6.45, 7) is 0. The SMILES string of the molecule is O=C1c2ccccc2-c2n[nH]c(C(c3ccccc3)c3ccccc3)c21. The van der Waals surface area contributed by atoms with Crippen LogP contribution in [0.4, 0.5) is 0 Å². The molecule has 26 heavy (non-hydrogen) atoms. The minimum absolute atomic E-state index is 0.0520. The summed E-state index contributed by atoms with van der Waals surface area (Å²) in [4.78, 5) is 13.1. The maximum absolute atomic E-state index is 13.1. The maximum Gasteiger partial charge on any atom is 0.197 e. The minimum Gasteiger partial charge on any atom is -0.288 e. The lowest BCUT2D eigenvalue weighted by atomic mass is 9.86. The summed E-state index contributed by atoms with van der Waals surface area (Å²) in [6, 6.07) is 28.2. The van der Waals surface area contributed by atoms with Gasteiger partial charge in [-0.25, -0.2) is 0 Å². The second kappa shape index (κ2) is 5.81. The number of hydrogen-bond acceptors (Lipinski definition) is 2. The lowest BCUT2D eigenvalue weighted by Crippen LogP contribution is -2.09. The predicted molar refractivity (Wildman–Crippen MR) is 101 cm³/mol. The minimum atomic E-state index is -0.0630. The molecule has 4 aromatic rings. The van der Waals surface area contributed by atoms with E-state index < -0.39 is 0 Å². The van der Waals surface area contributed by atoms with Crippen LogP contribution in [0, 0.1) is 0 Å². The highest BCUT2D eigenvalue weighted by Gasteiger charge is 2.35. The molecule has 1 aliphatic rings. The number of nitrogens with zero attached hydrogens (tertiary/aromatic N) is 1. The van der Waals surface area contributed by atoms with Gasteiger partial charge in [0.15, 0.2) is 5.78 Å². The molecule has 0 radical (unpaired) electrons. The molecule has 3 heteroatoms. The molecule has 124 valence electrons. The molecular weight excluding hydrogens is 320 g/mol. The Balaban J connectivity index is 1.74. The summed E-state index contributed by atoms with van der Waals surface area (Å²) in [7, 11) is 0. The van der Waals surface area contributed by atoms with Gasteiger partial charge >= 0.3 is 0 Å². The summed E-state index contributed by atoms with van der Waals surface area (Å²) in [5, 5.41) is 7.69. The molecule has 0 bridgehead atoms. The Kier molecular flexibility index (Phi) is 3.32. The van der Waals surface area contributed by atoms with Gasteiger partial charge in [0.2, 0.25) is 0 Å². The first-order chi connectivity index (χ1) is 12.8. The standard InChI is InChI=1S/C23H16N2O/c26-23-18-14-8-7-13-17(18)21-20(23)22(25-24-21)19(15-9-3-1-4-10-15)16-11-5-2-6-12-16/h1-14,19H,(H,24,25). The molecule has 0 spiro atoms. The number of nitrogens with one attached hydrogen (secondary N) is 1. The quantitative estimate of drug-likeness (QED) is 0.514. The van der Waals surface area contributed by atoms with E-state index in [1.807, 2.05) is 60.7 Å². The van der Waals surface area contributed by atoms with Crippen molar-refractivity contribution < 1.29 is 4.79 Å². The molecule has 3 aromatic carbocycles. The number of aromatic nitrogens is 2. The first-order valence-corrected chi connectivity index (χ1v) is 8.67. The summed E-state index contributed by atoms with van der Waals surface area (Å²) in [5.74, 6) is -0.0110. The summed E-state index contributed by atoms with van der Waals surface area (Å²) in [6.07, 6.45) is 0. The van der Waals surface area contributed by atoms with E-state index in [-0.39, 0.29) is 11.7 Å². The van der Waals surface area contributed by atoms with Gasteiger partial charge in [-0.15, -0.1) is 0 Å². The van der Waals surface area contributed by atoms with Crippen LogP contribution >= 0.6 is 0 Å². The van der Waals surface area contributed by atoms with Gasteiger partial charge in [-0.05, 0) is 11.1 Å². The van der Waals surface area contributed by atoms with Crippen molar-refractivity contribution in [2.24, 2.45) is 0 Å². The third kappa shape index (κ3) is 2.14. The summed E-state index contributed by atoms with van der Waals surface area (Å²) in [5.41, 5.74) is 6.23. The lowest BCUT2D eigenvalue weighted by Gasteiger charge is -2.17. The molecule has 1 aromatic heterocycles. The molecule has 0 aliphatic heterocycles. The van der Waals surface area contributed by atoms with Crippen LogP contribution in [0.2, 0.25) is 0 Å². The molecule has 0 amide bonds. The van der Waals surface area contributed by atoms with Crippen LogP contribution in [0.5, 0.6) is 0 Å². The third-order valence-electron chi connectivity index (χ3n) is 5.00. The number of fused-ring (bicyclic) bond motifs is 3. The summed E-state index contributed by atoms with van der Waals surface area (Å²) < 4.78 is 0. The molecule has 3 nitrogen and oxygen atoms in total. The fraction of sp³-hybridized carbons (Fsp3) is 0.0435. The molecule has 0 atom stereocenters. The van der Waals surface area contributed by atoms with Gasteiger partial charge in [0.05, 0.1) is 17.2 Å². The van der Waals surface area contributed by atoms with Gasteiger partial charge in [-0.2, -0.15) is 5.10 Å². The number of aromatic amines is 1. The van der Waals surface area contributed by atoms with Crippen molar-refractivity contribution >= 4 is 5.78 Å². The Morgan fingerprint density at radius 2 is 1.23 bits per heavy atom. The third-order valence-corrected chi connectivity index (χ3v) is 5.00. The van der Waals surface area contributed by atoms with Crippen LogP contribution in [-0.4, -0.2) is 16.0 Å². The van der Waals surface area contributed by atoms with Gasteiger partial charge in [0.25, 0.3) is 0 Å². The van der Waals surface area contributed by atoms with E-state index in [2.05, 4.69) is 34.5 Å². The number of carbonyl (C=O) groups excluding carboxylic acids is 1. The molecular formula is C23H16N2O. The van der Waals surface area contributed by atoms with E-state index in [1.54, 1.807) is 0 Å². The Hall–Kier alpha value is -3.46. The average molecular weight is 336 g/mol. The largest absolute Gasteiger partial charge is 0.288 e. The highest BCUT2D eigenvalue weighted by Crippen LogP contribution is 2.41. The van der Waals surface area contributed by atoms with Gasteiger partial charge < -0.3 is 0 Å². The van der Waals surface area contributed by atoms with Crippen LogP contribution in [0.25, 0.3) is 11.3 Å². The zero-order valence-corrected chi connectivity index (χ0v) is 14.0. The highest BCUT2D eigenvalue weighted by molar-refractivity contribution is 6.21. The first-order valence-electron chi connectivity index (χ1n) is 8.67. The second-order valence-corrected chi connectivity index (χ2v) is 6.49. The van der Waals surface area contributed by atoms with Crippen molar-refractivity contribution in [2.45, 2.75) is 5.92 Å². The molecule has 1 N–H and O–H groups in total. The van der Waals surface area contributed by atoms with Crippen molar-refractivity contribution in [3.8, 4) is 11.3 Å². The van der Waals surface area contributed by atoms with E-state index in [0.717, 1.165) is 33.6 Å². The van der Waals surface area contributed by atoms with E-state index in [1.165, 1.54) is 0 Å². The average Bonchev–Trinajstić information content (AvgIpc) is 3.25. The van der Waals surface area contributed by atoms with Crippen molar-refractivity contribution in [1.82, 2.24) is 10.2 Å². The van der Waals surface area contributed by atoms with Gasteiger partial charge in [0.1, 0.15) is 5.69 Å². The fourth-order valence-electron chi connectivity index (χ4n) is 3.83. The molecule has 1 aliphatic carbocycles. The van der Waals surface area contributed by atoms with E-state index in [4.69, 9.17) is 0 Å². The van der Waals surface area contributed by atoms with Crippen LogP contribution < -0.4 is 0 Å². The molecule has 0 saturated carbocycles. The van der Waals surface area contributed by atoms with Crippen LogP contribution in [-0.2, 0) is 0 Å². The van der Waals surface area contributed by atoms with Crippen LogP contribution in [0.1, 0.15) is 38.7 Å². The molecule has 5 rings (SSSR count). The normalized spacial score (nSPS) is 12.3. The van der Waals surface area contributed by atoms with E-state index in [0.29, 0.717) is 5.56 Å². The fourth-order valence-corrected chi connectivity index (χ4v) is 3.83. The van der Waals surface area contributed by atoms with E-state index in [9.17, 15) is 4.79 Å². The summed E-state index contributed by atoms with van der Waals surface area (Å²) >= 11 is 0. The second-order valence-electron chi connectivity index (χ2n) is 6.49. The number of benzene rings is 3. The maximum atomic E-state index is 13.1. The van der Waals surface area contributed by atoms with Crippen molar-refractivity contribution in [2.75, 3.05) is 0 Å². The molecule has 1 heterocycles. The molecule has 0 fully saturated rings. The number of rotatable bonds is 3. The zero-order chi connectivity index (χ0) is 17.5. The Bertz CT molecular complexity index is 1060. The van der Waals surface area contributed by atoms with Gasteiger partial charge in [0, 0.05) is 11.1 Å². The number of H-pyrrole nitrogens is 1.